The van der Waals surface area contributed by atoms with Crippen molar-refractivity contribution >= 4 is 0 Å². The third-order valence-corrected chi connectivity index (χ3v) is 3.70. The maximum atomic E-state index is 5.99. The molecule has 1 aliphatic rings. The Bertz CT molecular complexity index is 552. The number of fused-ring (bicyclic) bond motifs is 2. The standard InChI is InChI=1S/C18H21NO2/c1-2-20-13-7-12-19-18-14-8-3-5-10-16(14)21-17-11-6-4-9-15(17)18/h3-6,8-11,18-19H,2,7,12-13H2,1H3. The highest BCUT2D eigenvalue weighted by atomic mass is 16.5. The van der Waals surface area contributed by atoms with Crippen molar-refractivity contribution < 1.29 is 9.47 Å². The Balaban J connectivity index is 1.78. The van der Waals surface area contributed by atoms with E-state index in [-0.39, 0.29) is 6.04 Å². The zero-order valence-electron chi connectivity index (χ0n) is 12.3. The van der Waals surface area contributed by atoms with Crippen LogP contribution in [0.25, 0.3) is 0 Å². The molecule has 21 heavy (non-hydrogen) atoms. The average Bonchev–Trinajstić information content (AvgIpc) is 2.53. The van der Waals surface area contributed by atoms with E-state index in [1.54, 1.807) is 0 Å². The molecule has 2 aromatic carbocycles. The van der Waals surface area contributed by atoms with E-state index in [1.807, 2.05) is 31.2 Å². The predicted molar refractivity (Wildman–Crippen MR) is 83.9 cm³/mol. The maximum absolute atomic E-state index is 5.99. The molecule has 0 aromatic heterocycles. The summed E-state index contributed by atoms with van der Waals surface area (Å²) < 4.78 is 11.4. The van der Waals surface area contributed by atoms with Gasteiger partial charge in [0, 0.05) is 24.3 Å². The van der Waals surface area contributed by atoms with Gasteiger partial charge in [0.15, 0.2) is 0 Å². The highest BCUT2D eigenvalue weighted by Gasteiger charge is 2.25. The molecule has 0 unspecified atom stereocenters. The summed E-state index contributed by atoms with van der Waals surface area (Å²) >= 11 is 0. The van der Waals surface area contributed by atoms with E-state index in [4.69, 9.17) is 9.47 Å². The molecule has 1 heterocycles. The first kappa shape index (κ1) is 14.1. The zero-order valence-corrected chi connectivity index (χ0v) is 12.3. The topological polar surface area (TPSA) is 30.5 Å². The second kappa shape index (κ2) is 6.74. The summed E-state index contributed by atoms with van der Waals surface area (Å²) in [5.74, 6) is 1.89. The van der Waals surface area contributed by atoms with Crippen molar-refractivity contribution in [2.24, 2.45) is 0 Å². The molecular formula is C18H21NO2. The summed E-state index contributed by atoms with van der Waals surface area (Å²) in [5, 5.41) is 3.63. The lowest BCUT2D eigenvalue weighted by atomic mass is 9.94. The molecule has 0 amide bonds. The Labute approximate surface area is 125 Å². The summed E-state index contributed by atoms with van der Waals surface area (Å²) in [6.45, 7) is 4.53. The third kappa shape index (κ3) is 3.09. The molecule has 0 atom stereocenters. The van der Waals surface area contributed by atoms with Crippen LogP contribution in [-0.2, 0) is 4.74 Å². The largest absolute Gasteiger partial charge is 0.457 e. The van der Waals surface area contributed by atoms with Crippen LogP contribution in [0.2, 0.25) is 0 Å². The maximum Gasteiger partial charge on any atom is 0.132 e. The third-order valence-electron chi connectivity index (χ3n) is 3.70. The molecule has 0 fully saturated rings. The van der Waals surface area contributed by atoms with E-state index in [0.717, 1.165) is 37.7 Å². The molecule has 2 aromatic rings. The molecule has 3 rings (SSSR count). The van der Waals surface area contributed by atoms with Gasteiger partial charge >= 0.3 is 0 Å². The Kier molecular flexibility index (Phi) is 4.53. The minimum Gasteiger partial charge on any atom is -0.457 e. The van der Waals surface area contributed by atoms with Gasteiger partial charge in [-0.3, -0.25) is 0 Å². The Morgan fingerprint density at radius 1 is 1.00 bits per heavy atom. The van der Waals surface area contributed by atoms with Crippen molar-refractivity contribution in [3.63, 3.8) is 0 Å². The molecule has 0 aliphatic carbocycles. The SMILES string of the molecule is CCOCCCNC1c2ccccc2Oc2ccccc21. The first-order chi connectivity index (χ1) is 10.4. The minimum absolute atomic E-state index is 0.188. The second-order valence-corrected chi connectivity index (χ2v) is 5.12. The van der Waals surface area contributed by atoms with Crippen LogP contribution in [-0.4, -0.2) is 19.8 Å². The smallest absolute Gasteiger partial charge is 0.132 e. The average molecular weight is 283 g/mol. The van der Waals surface area contributed by atoms with E-state index < -0.39 is 0 Å². The lowest BCUT2D eigenvalue weighted by Gasteiger charge is -2.29. The van der Waals surface area contributed by atoms with Crippen LogP contribution in [0.15, 0.2) is 48.5 Å². The van der Waals surface area contributed by atoms with Crippen molar-refractivity contribution in [3.05, 3.63) is 59.7 Å². The zero-order chi connectivity index (χ0) is 14.5. The van der Waals surface area contributed by atoms with Crippen molar-refractivity contribution in [1.82, 2.24) is 5.32 Å². The van der Waals surface area contributed by atoms with Crippen molar-refractivity contribution in [2.45, 2.75) is 19.4 Å². The van der Waals surface area contributed by atoms with Gasteiger partial charge in [-0.2, -0.15) is 0 Å². The van der Waals surface area contributed by atoms with Crippen LogP contribution >= 0.6 is 0 Å². The van der Waals surface area contributed by atoms with Gasteiger partial charge in [-0.05, 0) is 32.0 Å². The van der Waals surface area contributed by atoms with Crippen molar-refractivity contribution in [3.8, 4) is 11.5 Å². The number of hydrogen-bond donors (Lipinski definition) is 1. The second-order valence-electron chi connectivity index (χ2n) is 5.12. The van der Waals surface area contributed by atoms with E-state index in [2.05, 4.69) is 29.6 Å². The summed E-state index contributed by atoms with van der Waals surface area (Å²) in [7, 11) is 0. The monoisotopic (exact) mass is 283 g/mol. The molecule has 110 valence electrons. The Hall–Kier alpha value is -1.84. The molecule has 3 heteroatoms. The fourth-order valence-corrected chi connectivity index (χ4v) is 2.69. The first-order valence-corrected chi connectivity index (χ1v) is 7.57. The van der Waals surface area contributed by atoms with E-state index >= 15 is 0 Å². The van der Waals surface area contributed by atoms with Gasteiger partial charge in [-0.15, -0.1) is 0 Å². The summed E-state index contributed by atoms with van der Waals surface area (Å²) in [4.78, 5) is 0. The fraction of sp³-hybridized carbons (Fsp3) is 0.333. The van der Waals surface area contributed by atoms with Gasteiger partial charge in [-0.1, -0.05) is 36.4 Å². The molecule has 0 saturated carbocycles. The molecule has 3 nitrogen and oxygen atoms in total. The molecule has 0 spiro atoms. The van der Waals surface area contributed by atoms with E-state index in [1.165, 1.54) is 11.1 Å². The first-order valence-electron chi connectivity index (χ1n) is 7.57. The van der Waals surface area contributed by atoms with Crippen LogP contribution in [0.3, 0.4) is 0 Å². The Morgan fingerprint density at radius 3 is 2.24 bits per heavy atom. The summed E-state index contributed by atoms with van der Waals surface area (Å²) in [5.41, 5.74) is 2.40. The van der Waals surface area contributed by atoms with Gasteiger partial charge < -0.3 is 14.8 Å². The van der Waals surface area contributed by atoms with Gasteiger partial charge in [0.2, 0.25) is 0 Å². The van der Waals surface area contributed by atoms with Crippen LogP contribution in [0, 0.1) is 0 Å². The lowest BCUT2D eigenvalue weighted by molar-refractivity contribution is 0.144. The predicted octanol–water partition coefficient (Wildman–Crippen LogP) is 3.90. The quantitative estimate of drug-likeness (QED) is 0.816. The minimum atomic E-state index is 0.188. The summed E-state index contributed by atoms with van der Waals surface area (Å²) in [6, 6.07) is 16.7. The van der Waals surface area contributed by atoms with Gasteiger partial charge in [0.25, 0.3) is 0 Å². The highest BCUT2D eigenvalue weighted by Crippen LogP contribution is 2.42. The van der Waals surface area contributed by atoms with Gasteiger partial charge in [0.1, 0.15) is 11.5 Å². The molecule has 0 saturated heterocycles. The number of ether oxygens (including phenoxy) is 2. The van der Waals surface area contributed by atoms with Gasteiger partial charge in [-0.25, -0.2) is 0 Å². The number of hydrogen-bond acceptors (Lipinski definition) is 3. The number of rotatable bonds is 6. The molecular weight excluding hydrogens is 262 g/mol. The number of para-hydroxylation sites is 2. The lowest BCUT2D eigenvalue weighted by Crippen LogP contribution is -2.27. The van der Waals surface area contributed by atoms with Crippen LogP contribution < -0.4 is 10.1 Å². The van der Waals surface area contributed by atoms with Gasteiger partial charge in [0.05, 0.1) is 6.04 Å². The molecule has 1 N–H and O–H groups in total. The molecule has 1 aliphatic heterocycles. The van der Waals surface area contributed by atoms with Crippen molar-refractivity contribution in [2.75, 3.05) is 19.8 Å². The Morgan fingerprint density at radius 2 is 1.62 bits per heavy atom. The highest BCUT2D eigenvalue weighted by molar-refractivity contribution is 5.52. The van der Waals surface area contributed by atoms with E-state index in [0.29, 0.717) is 0 Å². The normalized spacial score (nSPS) is 13.4. The van der Waals surface area contributed by atoms with E-state index in [9.17, 15) is 0 Å². The number of nitrogens with one attached hydrogen (secondary N) is 1. The number of benzene rings is 2. The van der Waals surface area contributed by atoms with Crippen LogP contribution in [0.1, 0.15) is 30.5 Å². The molecule has 0 bridgehead atoms. The molecule has 0 radical (unpaired) electrons. The summed E-state index contributed by atoms with van der Waals surface area (Å²) in [6.07, 6.45) is 1.01. The van der Waals surface area contributed by atoms with Crippen LogP contribution in [0.5, 0.6) is 11.5 Å². The van der Waals surface area contributed by atoms with Crippen molar-refractivity contribution in [1.29, 1.82) is 0 Å². The fourth-order valence-electron chi connectivity index (χ4n) is 2.69. The van der Waals surface area contributed by atoms with Crippen LogP contribution in [0.4, 0.5) is 0 Å².